The number of nitrogens with two attached hydrogens (primary N) is 2. The molecular weight excluding hydrogens is 915 g/mol. The van der Waals surface area contributed by atoms with E-state index in [2.05, 4.69) is 29.4 Å². The van der Waals surface area contributed by atoms with Gasteiger partial charge in [0.1, 0.15) is 28.0 Å². The Kier molecular flexibility index (Phi) is 14.2. The van der Waals surface area contributed by atoms with Gasteiger partial charge in [-0.2, -0.15) is 0 Å². The summed E-state index contributed by atoms with van der Waals surface area (Å²) in [7, 11) is 2.16. The van der Waals surface area contributed by atoms with Crippen LogP contribution in [0.3, 0.4) is 0 Å². The molecule has 7 heterocycles. The fourth-order valence-electron chi connectivity index (χ4n) is 8.17. The molecule has 1 saturated heterocycles. The van der Waals surface area contributed by atoms with Crippen molar-refractivity contribution in [3.8, 4) is 34.5 Å². The highest BCUT2D eigenvalue weighted by molar-refractivity contribution is 6.62. The van der Waals surface area contributed by atoms with E-state index in [0.717, 1.165) is 33.3 Å². The summed E-state index contributed by atoms with van der Waals surface area (Å²) in [4.78, 5) is 64.2. The van der Waals surface area contributed by atoms with E-state index in [9.17, 15) is 19.2 Å². The molecular formula is C52H54BClN6O10. The van der Waals surface area contributed by atoms with Gasteiger partial charge in [0, 0.05) is 57.5 Å². The first kappa shape index (κ1) is 50.7. The van der Waals surface area contributed by atoms with Crippen molar-refractivity contribution in [3.63, 3.8) is 0 Å². The van der Waals surface area contributed by atoms with Gasteiger partial charge in [-0.05, 0) is 76.2 Å². The number of aromatic nitrogens is 4. The zero-order valence-corrected chi connectivity index (χ0v) is 41.3. The van der Waals surface area contributed by atoms with E-state index in [0.29, 0.717) is 34.1 Å². The monoisotopic (exact) mass is 968 g/mol. The van der Waals surface area contributed by atoms with Crippen molar-refractivity contribution in [2.75, 3.05) is 14.2 Å². The highest BCUT2D eigenvalue weighted by Crippen LogP contribution is 2.53. The van der Waals surface area contributed by atoms with Crippen LogP contribution >= 0.6 is 11.6 Å². The molecule has 3 aliphatic heterocycles. The number of fused-ring (bicyclic) bond motifs is 4. The number of primary amides is 2. The van der Waals surface area contributed by atoms with E-state index in [1.54, 1.807) is 42.7 Å². The minimum Gasteiger partial charge on any atom is -0.464 e. The zero-order chi connectivity index (χ0) is 50.9. The molecule has 18 heteroatoms. The van der Waals surface area contributed by atoms with Gasteiger partial charge in [-0.25, -0.2) is 29.5 Å². The fraction of sp³-hybridized carbons (Fsp3) is 0.308. The molecule has 0 unspecified atom stereocenters. The number of amides is 2. The van der Waals surface area contributed by atoms with E-state index < -0.39 is 47.0 Å². The Morgan fingerprint density at radius 1 is 0.600 bits per heavy atom. The quantitative estimate of drug-likeness (QED) is 0.0831. The molecule has 3 aliphatic rings. The lowest BCUT2D eigenvalue weighted by Crippen LogP contribution is -2.41. The first-order valence-electron chi connectivity index (χ1n) is 22.3. The lowest BCUT2D eigenvalue weighted by atomic mass is 9.70. The van der Waals surface area contributed by atoms with E-state index in [4.69, 9.17) is 41.9 Å². The number of carbonyl (C=O) groups excluding carboxylic acids is 4. The molecule has 2 aromatic carbocycles. The highest BCUT2D eigenvalue weighted by atomic mass is 35.5. The van der Waals surface area contributed by atoms with Crippen molar-refractivity contribution >= 4 is 47.9 Å². The first-order chi connectivity index (χ1) is 33.0. The Morgan fingerprint density at radius 2 is 1.06 bits per heavy atom. The number of hydrogen-bond donors (Lipinski definition) is 2. The van der Waals surface area contributed by atoms with Gasteiger partial charge in [0.2, 0.25) is 23.6 Å². The Morgan fingerprint density at radius 3 is 1.50 bits per heavy atom. The van der Waals surface area contributed by atoms with Crippen molar-refractivity contribution in [1.82, 2.24) is 19.9 Å². The highest BCUT2D eigenvalue weighted by Gasteiger charge is 2.52. The van der Waals surface area contributed by atoms with Crippen molar-refractivity contribution in [3.05, 3.63) is 148 Å². The molecule has 4 aromatic heterocycles. The van der Waals surface area contributed by atoms with Crippen LogP contribution in [-0.4, -0.2) is 76.2 Å². The minimum absolute atomic E-state index is 0.215. The van der Waals surface area contributed by atoms with Gasteiger partial charge in [-0.1, -0.05) is 87.8 Å². The summed E-state index contributed by atoms with van der Waals surface area (Å²) in [6, 6.07) is 29.1. The molecule has 0 saturated carbocycles. The third-order valence-electron chi connectivity index (χ3n) is 13.1. The topological polar surface area (TPSA) is 227 Å². The predicted octanol–water partition coefficient (Wildman–Crippen LogP) is 8.33. The molecule has 2 amide bonds. The van der Waals surface area contributed by atoms with Crippen LogP contribution in [0.25, 0.3) is 11.3 Å². The molecule has 0 spiro atoms. The minimum atomic E-state index is -0.846. The number of para-hydroxylation sites is 2. The molecule has 9 rings (SSSR count). The van der Waals surface area contributed by atoms with Gasteiger partial charge in [-0.3, -0.25) is 9.59 Å². The second-order valence-electron chi connectivity index (χ2n) is 18.9. The summed E-state index contributed by atoms with van der Waals surface area (Å²) in [5.74, 6) is -0.0739. The van der Waals surface area contributed by atoms with E-state index in [1.165, 1.54) is 14.2 Å². The van der Waals surface area contributed by atoms with E-state index >= 15 is 0 Å². The largest absolute Gasteiger partial charge is 0.496 e. The van der Waals surface area contributed by atoms with Gasteiger partial charge in [0.05, 0.1) is 41.9 Å². The first-order valence-corrected chi connectivity index (χ1v) is 22.6. The van der Waals surface area contributed by atoms with E-state index in [-0.39, 0.29) is 29.1 Å². The second-order valence-corrected chi connectivity index (χ2v) is 19.3. The van der Waals surface area contributed by atoms with Crippen LogP contribution in [0.5, 0.6) is 23.3 Å². The molecule has 0 bridgehead atoms. The van der Waals surface area contributed by atoms with Crippen LogP contribution in [0, 0.1) is 10.8 Å². The Labute approximate surface area is 411 Å². The van der Waals surface area contributed by atoms with Gasteiger partial charge in [0.25, 0.3) is 0 Å². The van der Waals surface area contributed by atoms with Crippen LogP contribution in [0.4, 0.5) is 0 Å². The molecule has 0 radical (unpaired) electrons. The smallest absolute Gasteiger partial charge is 0.464 e. The summed E-state index contributed by atoms with van der Waals surface area (Å²) in [6.45, 7) is 15.3. The lowest BCUT2D eigenvalue weighted by molar-refractivity contribution is -0.127. The number of rotatable bonds is 8. The van der Waals surface area contributed by atoms with Crippen LogP contribution in [0.2, 0.25) is 5.15 Å². The number of carbonyl (C=O) groups is 4. The fourth-order valence-corrected chi connectivity index (χ4v) is 8.31. The summed E-state index contributed by atoms with van der Waals surface area (Å²) < 4.78 is 33.0. The van der Waals surface area contributed by atoms with Crippen LogP contribution in [-0.2, 0) is 28.4 Å². The average molecular weight is 969 g/mol. The van der Waals surface area contributed by atoms with Gasteiger partial charge in [-0.15, -0.1) is 0 Å². The average Bonchev–Trinajstić information content (AvgIpc) is 3.57. The number of hydrogen-bond acceptors (Lipinski definition) is 14. The Hall–Kier alpha value is -7.21. The summed E-state index contributed by atoms with van der Waals surface area (Å²) in [5.41, 5.74) is 15.0. The number of nitrogens with zero attached hydrogens (tertiary/aromatic N) is 4. The molecule has 0 aliphatic carbocycles. The zero-order valence-electron chi connectivity index (χ0n) is 40.5. The number of esters is 2. The lowest BCUT2D eigenvalue weighted by Gasteiger charge is -2.36. The standard InChI is InChI=1S/C23H21N3O4.C16H15ClN2O2.C13H18BNO4/c1-23(2,22(24)28)19-14-6-4-5-7-18(14)30-20-15(19)9-11-16(26-20)13-8-10-17(25-12-13)21(27)29-3;1-16(2,15(18)20)13-9-5-3-4-6-11(9)21-14-10(13)7-8-12(17)19-14;1-12(2)13(3,4)19-14(18-12)9-6-7-10(15-8-9)11(16)17-5/h4-12,19H,1-3H3,(H2,24,28);3-8,13H,1-2H3,(H2,18,20);6-8H,1-5H3/t19-;13-;/m00./s1. The summed E-state index contributed by atoms with van der Waals surface area (Å²) >= 11 is 5.95. The number of pyridine rings is 4. The van der Waals surface area contributed by atoms with Crippen LogP contribution in [0.1, 0.15) is 110 Å². The van der Waals surface area contributed by atoms with Crippen LogP contribution in [0.15, 0.2) is 109 Å². The van der Waals surface area contributed by atoms with Crippen molar-refractivity contribution in [1.29, 1.82) is 0 Å². The Balaban J connectivity index is 0.000000160. The summed E-state index contributed by atoms with van der Waals surface area (Å²) in [6.07, 6.45) is 3.14. The van der Waals surface area contributed by atoms with Crippen molar-refractivity contribution < 1.29 is 47.4 Å². The molecule has 70 heavy (non-hydrogen) atoms. The van der Waals surface area contributed by atoms with Crippen LogP contribution < -0.4 is 26.4 Å². The molecule has 6 aromatic rings. The third kappa shape index (κ3) is 9.95. The number of halogens is 1. The number of benzene rings is 2. The number of ether oxygens (including phenoxy) is 4. The summed E-state index contributed by atoms with van der Waals surface area (Å²) in [5, 5.41) is 0.351. The van der Waals surface area contributed by atoms with E-state index in [1.807, 2.05) is 122 Å². The maximum atomic E-state index is 12.3. The maximum Gasteiger partial charge on any atom is 0.496 e. The SMILES string of the molecule is CC(C)(C(N)=O)[C@H]1c2ccccc2Oc2nc(Cl)ccc21.COC(=O)c1ccc(-c2ccc3c(n2)Oc2ccccc2[C@@H]3C(C)(C)C(N)=O)cn1.COC(=O)c1ccc(B2OC(C)(C)C(C)(C)O2)cn1. The maximum absolute atomic E-state index is 12.3. The van der Waals surface area contributed by atoms with Gasteiger partial charge >= 0.3 is 19.1 Å². The molecule has 1 fully saturated rings. The predicted molar refractivity (Wildman–Crippen MR) is 262 cm³/mol. The third-order valence-corrected chi connectivity index (χ3v) is 13.3. The normalized spacial score (nSPS) is 16.9. The molecule has 16 nitrogen and oxygen atoms in total. The van der Waals surface area contributed by atoms with Crippen molar-refractivity contribution in [2.24, 2.45) is 22.3 Å². The molecule has 362 valence electrons. The van der Waals surface area contributed by atoms with Gasteiger partial charge < -0.3 is 39.7 Å². The molecule has 4 N–H and O–H groups in total. The Bertz CT molecular complexity index is 2950. The second kappa shape index (κ2) is 19.7. The number of methoxy groups -OCH3 is 2. The molecule has 2 atom stereocenters. The van der Waals surface area contributed by atoms with Crippen molar-refractivity contribution in [2.45, 2.75) is 78.4 Å². The van der Waals surface area contributed by atoms with Gasteiger partial charge in [0.15, 0.2) is 0 Å².